The zero-order chi connectivity index (χ0) is 17.0. The number of hydrogen-bond donors (Lipinski definition) is 2. The summed E-state index contributed by atoms with van der Waals surface area (Å²) in [6, 6.07) is -0.636. The van der Waals surface area contributed by atoms with E-state index >= 15 is 0 Å². The largest absolute Gasteiger partial charge is 0.460 e. The van der Waals surface area contributed by atoms with Gasteiger partial charge in [-0.2, -0.15) is 12.6 Å². The molecule has 0 aliphatic rings. The predicted molar refractivity (Wildman–Crippen MR) is 98.2 cm³/mol. The number of carbonyl (C=O) groups excluding carboxylic acids is 1. The summed E-state index contributed by atoms with van der Waals surface area (Å²) >= 11 is 3.97. The Kier molecular flexibility index (Phi) is 12.0. The zero-order valence-corrected chi connectivity index (χ0v) is 15.3. The molecule has 0 unspecified atom stereocenters. The highest BCUT2D eigenvalue weighted by atomic mass is 32.1. The van der Waals surface area contributed by atoms with Crippen LogP contribution in [-0.4, -0.2) is 24.4 Å². The van der Waals surface area contributed by atoms with Gasteiger partial charge in [-0.15, -0.1) is 0 Å². The average molecular weight is 326 g/mol. The molecule has 0 saturated heterocycles. The first-order valence-corrected chi connectivity index (χ1v) is 8.47. The minimum absolute atomic E-state index is 0.287. The quantitative estimate of drug-likeness (QED) is 0.359. The van der Waals surface area contributed by atoms with Crippen molar-refractivity contribution in [3.8, 4) is 0 Å². The summed E-state index contributed by atoms with van der Waals surface area (Å²) in [6.07, 6.45) is 10.7. The van der Waals surface area contributed by atoms with Crippen LogP contribution in [-0.2, 0) is 9.53 Å². The van der Waals surface area contributed by atoms with Crippen molar-refractivity contribution < 1.29 is 9.53 Å². The van der Waals surface area contributed by atoms with Gasteiger partial charge in [-0.25, -0.2) is 0 Å². The molecule has 3 nitrogen and oxygen atoms in total. The number of hydrogen-bond acceptors (Lipinski definition) is 4. The summed E-state index contributed by atoms with van der Waals surface area (Å²) < 4.78 is 5.06. The molecule has 0 saturated carbocycles. The number of ether oxygens (including phenoxy) is 1. The molecule has 0 rings (SSSR count). The third-order valence-electron chi connectivity index (χ3n) is 3.28. The van der Waals surface area contributed by atoms with Gasteiger partial charge in [-0.05, 0) is 59.5 Å². The molecule has 0 bridgehead atoms. The van der Waals surface area contributed by atoms with E-state index in [9.17, 15) is 4.79 Å². The lowest BCUT2D eigenvalue weighted by Crippen LogP contribution is -2.33. The third-order valence-corrected chi connectivity index (χ3v) is 3.67. The molecule has 0 aliphatic heterocycles. The maximum atomic E-state index is 11.4. The Hall–Kier alpha value is -1.000. The fraction of sp³-hybridized carbons (Fsp3) is 0.611. The van der Waals surface area contributed by atoms with Crippen LogP contribution in [0.15, 0.2) is 34.9 Å². The van der Waals surface area contributed by atoms with E-state index in [0.29, 0.717) is 5.75 Å². The van der Waals surface area contributed by atoms with E-state index in [0.717, 1.165) is 25.7 Å². The summed E-state index contributed by atoms with van der Waals surface area (Å²) in [6.45, 7) is 8.78. The van der Waals surface area contributed by atoms with Crippen molar-refractivity contribution in [2.75, 3.05) is 12.4 Å². The van der Waals surface area contributed by atoms with Gasteiger partial charge in [0.05, 0.1) is 0 Å². The van der Waals surface area contributed by atoms with Crippen molar-refractivity contribution in [3.63, 3.8) is 0 Å². The summed E-state index contributed by atoms with van der Waals surface area (Å²) in [5, 5.41) is 0. The molecule has 0 aromatic heterocycles. The van der Waals surface area contributed by atoms with Crippen LogP contribution in [0.1, 0.15) is 53.4 Å². The van der Waals surface area contributed by atoms with Crippen LogP contribution in [0.2, 0.25) is 0 Å². The van der Waals surface area contributed by atoms with Crippen LogP contribution >= 0.6 is 12.6 Å². The number of rotatable bonds is 10. The van der Waals surface area contributed by atoms with E-state index in [4.69, 9.17) is 10.5 Å². The highest BCUT2D eigenvalue weighted by molar-refractivity contribution is 7.80. The van der Waals surface area contributed by atoms with Gasteiger partial charge in [-0.1, -0.05) is 28.9 Å². The Bertz CT molecular complexity index is 421. The van der Waals surface area contributed by atoms with E-state index < -0.39 is 12.0 Å². The van der Waals surface area contributed by atoms with Crippen LogP contribution in [0.5, 0.6) is 0 Å². The van der Waals surface area contributed by atoms with Gasteiger partial charge >= 0.3 is 5.97 Å². The molecule has 0 aliphatic carbocycles. The topological polar surface area (TPSA) is 52.3 Å². The molecule has 0 heterocycles. The molecule has 2 N–H and O–H groups in total. The van der Waals surface area contributed by atoms with E-state index in [1.54, 1.807) is 0 Å². The predicted octanol–water partition coefficient (Wildman–Crippen LogP) is 4.21. The normalized spacial score (nSPS) is 13.7. The Balaban J connectivity index is 3.96. The number of allylic oxidation sites excluding steroid dienone is 5. The molecular weight excluding hydrogens is 294 g/mol. The van der Waals surface area contributed by atoms with Crippen LogP contribution in [0.25, 0.3) is 0 Å². The van der Waals surface area contributed by atoms with Gasteiger partial charge < -0.3 is 10.5 Å². The van der Waals surface area contributed by atoms with Crippen LogP contribution < -0.4 is 5.73 Å². The smallest absolute Gasteiger partial charge is 0.324 e. The minimum Gasteiger partial charge on any atom is -0.460 e. The van der Waals surface area contributed by atoms with E-state index in [2.05, 4.69) is 52.5 Å². The van der Waals surface area contributed by atoms with Gasteiger partial charge in [0, 0.05) is 5.75 Å². The summed E-state index contributed by atoms with van der Waals surface area (Å²) in [5.74, 6) is -0.0905. The monoisotopic (exact) mass is 325 g/mol. The molecular formula is C18H31NO2S. The van der Waals surface area contributed by atoms with Crippen LogP contribution in [0.3, 0.4) is 0 Å². The lowest BCUT2D eigenvalue weighted by atomic mass is 10.1. The summed E-state index contributed by atoms with van der Waals surface area (Å²) in [7, 11) is 0. The molecule has 22 heavy (non-hydrogen) atoms. The Morgan fingerprint density at radius 2 is 1.59 bits per heavy atom. The highest BCUT2D eigenvalue weighted by Gasteiger charge is 2.11. The van der Waals surface area contributed by atoms with Gasteiger partial charge in [0.15, 0.2) is 0 Å². The second kappa shape index (κ2) is 12.5. The second-order valence-electron chi connectivity index (χ2n) is 5.88. The molecule has 126 valence electrons. The van der Waals surface area contributed by atoms with Crippen molar-refractivity contribution in [2.24, 2.45) is 5.73 Å². The van der Waals surface area contributed by atoms with Crippen molar-refractivity contribution in [1.29, 1.82) is 0 Å². The van der Waals surface area contributed by atoms with Gasteiger partial charge in [-0.3, -0.25) is 4.79 Å². The second-order valence-corrected chi connectivity index (χ2v) is 6.24. The average Bonchev–Trinajstić information content (AvgIpc) is 2.45. The molecule has 0 aromatic rings. The lowest BCUT2D eigenvalue weighted by molar-refractivity contribution is -0.143. The zero-order valence-electron chi connectivity index (χ0n) is 14.4. The fourth-order valence-corrected chi connectivity index (χ4v) is 1.94. The Morgan fingerprint density at radius 1 is 1.05 bits per heavy atom. The lowest BCUT2D eigenvalue weighted by Gasteiger charge is -2.07. The summed E-state index contributed by atoms with van der Waals surface area (Å²) in [4.78, 5) is 11.4. The maximum Gasteiger partial charge on any atom is 0.324 e. The number of thiol groups is 1. The molecule has 0 aromatic carbocycles. The maximum absolute atomic E-state index is 11.4. The summed E-state index contributed by atoms with van der Waals surface area (Å²) in [5.41, 5.74) is 9.55. The molecule has 0 amide bonds. The number of nitrogens with two attached hydrogens (primary N) is 1. The van der Waals surface area contributed by atoms with E-state index in [-0.39, 0.29) is 6.61 Å². The van der Waals surface area contributed by atoms with Gasteiger partial charge in [0.25, 0.3) is 0 Å². The molecule has 4 heteroatoms. The van der Waals surface area contributed by atoms with E-state index in [1.165, 1.54) is 16.7 Å². The van der Waals surface area contributed by atoms with Gasteiger partial charge in [0.2, 0.25) is 0 Å². The van der Waals surface area contributed by atoms with Gasteiger partial charge in [0.1, 0.15) is 12.6 Å². The SMILES string of the molecule is CC(C)=CCCC(C)=CCCC(C)=CCOC(=O)[C@@H](N)CS. The highest BCUT2D eigenvalue weighted by Crippen LogP contribution is 2.11. The first kappa shape index (κ1) is 21.0. The first-order valence-electron chi connectivity index (χ1n) is 7.84. The molecule has 1 atom stereocenters. The number of carbonyl (C=O) groups is 1. The van der Waals surface area contributed by atoms with Crippen LogP contribution in [0, 0.1) is 0 Å². The Labute approximate surface area is 141 Å². The Morgan fingerprint density at radius 3 is 2.14 bits per heavy atom. The standard InChI is InChI=1S/C18H31NO2S/c1-14(2)7-5-8-15(3)9-6-10-16(4)11-12-21-18(20)17(19)13-22/h7,9,11,17,22H,5-6,8,10,12-13,19H2,1-4H3/t17-/m0/s1. The first-order chi connectivity index (χ1) is 10.4. The molecule has 0 fully saturated rings. The molecule has 0 spiro atoms. The number of esters is 1. The fourth-order valence-electron chi connectivity index (χ4n) is 1.79. The van der Waals surface area contributed by atoms with Crippen molar-refractivity contribution in [1.82, 2.24) is 0 Å². The minimum atomic E-state index is -0.636. The van der Waals surface area contributed by atoms with Crippen LogP contribution in [0.4, 0.5) is 0 Å². The van der Waals surface area contributed by atoms with Crippen molar-refractivity contribution >= 4 is 18.6 Å². The van der Waals surface area contributed by atoms with E-state index in [1.807, 2.05) is 6.08 Å². The third kappa shape index (κ3) is 11.6. The van der Waals surface area contributed by atoms with Crippen molar-refractivity contribution in [2.45, 2.75) is 59.4 Å². The van der Waals surface area contributed by atoms with Crippen molar-refractivity contribution in [3.05, 3.63) is 34.9 Å². The molecule has 0 radical (unpaired) electrons.